The molecule has 1 aromatic rings. The van der Waals surface area contributed by atoms with Crippen molar-refractivity contribution in [1.82, 2.24) is 10.3 Å². The van der Waals surface area contributed by atoms with Crippen LogP contribution in [0.25, 0.3) is 0 Å². The van der Waals surface area contributed by atoms with Crippen LogP contribution in [0.5, 0.6) is 0 Å². The lowest BCUT2D eigenvalue weighted by atomic mass is 10.0. The van der Waals surface area contributed by atoms with E-state index in [4.69, 9.17) is 4.42 Å². The van der Waals surface area contributed by atoms with Gasteiger partial charge in [0.05, 0.1) is 6.20 Å². The molecule has 0 spiro atoms. The molecule has 1 saturated heterocycles. The summed E-state index contributed by atoms with van der Waals surface area (Å²) in [6.45, 7) is 1.15. The van der Waals surface area contributed by atoms with Crippen LogP contribution in [0.2, 0.25) is 0 Å². The van der Waals surface area contributed by atoms with Crippen LogP contribution < -0.4 is 5.32 Å². The average Bonchev–Trinajstić information content (AvgIpc) is 3.00. The predicted octanol–water partition coefficient (Wildman–Crippen LogP) is 3.02. The Kier molecular flexibility index (Phi) is 3.46. The summed E-state index contributed by atoms with van der Waals surface area (Å²) in [7, 11) is 0. The van der Waals surface area contributed by atoms with E-state index in [-0.39, 0.29) is 0 Å². The Hall–Kier alpha value is -0.830. The van der Waals surface area contributed by atoms with Gasteiger partial charge >= 0.3 is 0 Å². The van der Waals surface area contributed by atoms with Crippen LogP contribution in [0.4, 0.5) is 0 Å². The molecular formula is C14H22N2O. The second-order valence-corrected chi connectivity index (χ2v) is 5.49. The Balaban J connectivity index is 1.59. The molecule has 1 N–H and O–H groups in total. The number of piperidine rings is 1. The first-order chi connectivity index (χ1) is 8.42. The minimum absolute atomic E-state index is 0.582. The van der Waals surface area contributed by atoms with Crippen molar-refractivity contribution in [3.8, 4) is 0 Å². The second-order valence-electron chi connectivity index (χ2n) is 5.49. The SMILES string of the molecule is c1nc(CC2CCCCN2)oc1C1CCCC1. The molecule has 3 heteroatoms. The highest BCUT2D eigenvalue weighted by atomic mass is 16.4. The van der Waals surface area contributed by atoms with Crippen LogP contribution in [-0.2, 0) is 6.42 Å². The van der Waals surface area contributed by atoms with Crippen molar-refractivity contribution in [1.29, 1.82) is 0 Å². The molecule has 1 aliphatic heterocycles. The van der Waals surface area contributed by atoms with E-state index < -0.39 is 0 Å². The first kappa shape index (κ1) is 11.3. The molecule has 1 atom stereocenters. The lowest BCUT2D eigenvalue weighted by molar-refractivity contribution is 0.354. The molecule has 0 aromatic carbocycles. The summed E-state index contributed by atoms with van der Waals surface area (Å²) in [5.41, 5.74) is 0. The number of hydrogen-bond donors (Lipinski definition) is 1. The lowest BCUT2D eigenvalue weighted by Crippen LogP contribution is -2.35. The van der Waals surface area contributed by atoms with Crippen molar-refractivity contribution in [3.63, 3.8) is 0 Å². The smallest absolute Gasteiger partial charge is 0.195 e. The van der Waals surface area contributed by atoms with Gasteiger partial charge in [-0.25, -0.2) is 4.98 Å². The number of aromatic nitrogens is 1. The fourth-order valence-electron chi connectivity index (χ4n) is 3.13. The Morgan fingerprint density at radius 3 is 2.76 bits per heavy atom. The largest absolute Gasteiger partial charge is 0.445 e. The van der Waals surface area contributed by atoms with Crippen LogP contribution in [0.3, 0.4) is 0 Å². The zero-order valence-corrected chi connectivity index (χ0v) is 10.5. The van der Waals surface area contributed by atoms with E-state index in [1.807, 2.05) is 6.20 Å². The van der Waals surface area contributed by atoms with E-state index in [1.165, 1.54) is 44.9 Å². The summed E-state index contributed by atoms with van der Waals surface area (Å²) in [6.07, 6.45) is 12.1. The Morgan fingerprint density at radius 2 is 2.00 bits per heavy atom. The molecule has 0 amide bonds. The second kappa shape index (κ2) is 5.21. The molecule has 17 heavy (non-hydrogen) atoms. The standard InChI is InChI=1S/C14H22N2O/c1-2-6-11(5-1)13-10-16-14(17-13)9-12-7-3-4-8-15-12/h10-12,15H,1-9H2. The van der Waals surface area contributed by atoms with Crippen LogP contribution in [0.15, 0.2) is 10.6 Å². The van der Waals surface area contributed by atoms with E-state index in [1.54, 1.807) is 0 Å². The normalized spacial score (nSPS) is 26.5. The van der Waals surface area contributed by atoms with Gasteiger partial charge in [-0.05, 0) is 32.2 Å². The summed E-state index contributed by atoms with van der Waals surface area (Å²) < 4.78 is 5.92. The number of hydrogen-bond acceptors (Lipinski definition) is 3. The summed E-state index contributed by atoms with van der Waals surface area (Å²) in [5, 5.41) is 3.55. The monoisotopic (exact) mass is 234 g/mol. The molecule has 2 fully saturated rings. The minimum Gasteiger partial charge on any atom is -0.445 e. The van der Waals surface area contributed by atoms with Gasteiger partial charge in [0.1, 0.15) is 5.76 Å². The third-order valence-corrected chi connectivity index (χ3v) is 4.16. The molecule has 0 radical (unpaired) electrons. The zero-order chi connectivity index (χ0) is 11.5. The first-order valence-corrected chi connectivity index (χ1v) is 7.10. The predicted molar refractivity (Wildman–Crippen MR) is 67.1 cm³/mol. The van der Waals surface area contributed by atoms with Gasteiger partial charge in [-0.2, -0.15) is 0 Å². The maximum atomic E-state index is 5.92. The van der Waals surface area contributed by atoms with Crippen molar-refractivity contribution >= 4 is 0 Å². The van der Waals surface area contributed by atoms with Crippen LogP contribution in [0.1, 0.15) is 62.5 Å². The highest BCUT2D eigenvalue weighted by Crippen LogP contribution is 2.34. The van der Waals surface area contributed by atoms with Crippen molar-refractivity contribution in [2.24, 2.45) is 0 Å². The number of oxazole rings is 1. The highest BCUT2D eigenvalue weighted by molar-refractivity contribution is 5.04. The third kappa shape index (κ3) is 2.71. The van der Waals surface area contributed by atoms with Crippen molar-refractivity contribution < 1.29 is 4.42 Å². The molecule has 1 saturated carbocycles. The van der Waals surface area contributed by atoms with Gasteiger partial charge in [0.15, 0.2) is 5.89 Å². The summed E-state index contributed by atoms with van der Waals surface area (Å²) in [5.74, 6) is 2.72. The van der Waals surface area contributed by atoms with E-state index in [9.17, 15) is 0 Å². The van der Waals surface area contributed by atoms with Crippen molar-refractivity contribution in [2.45, 2.75) is 63.3 Å². The molecule has 94 valence electrons. The first-order valence-electron chi connectivity index (χ1n) is 7.10. The van der Waals surface area contributed by atoms with E-state index in [0.29, 0.717) is 12.0 Å². The van der Waals surface area contributed by atoms with Gasteiger partial charge in [-0.1, -0.05) is 19.3 Å². The summed E-state index contributed by atoms with van der Waals surface area (Å²) in [4.78, 5) is 4.45. The zero-order valence-electron chi connectivity index (χ0n) is 10.5. The number of nitrogens with one attached hydrogen (secondary N) is 1. The van der Waals surface area contributed by atoms with Crippen LogP contribution in [-0.4, -0.2) is 17.6 Å². The van der Waals surface area contributed by atoms with Gasteiger partial charge in [0.25, 0.3) is 0 Å². The lowest BCUT2D eigenvalue weighted by Gasteiger charge is -2.21. The fourth-order valence-corrected chi connectivity index (χ4v) is 3.13. The van der Waals surface area contributed by atoms with E-state index >= 15 is 0 Å². The number of nitrogens with zero attached hydrogens (tertiary/aromatic N) is 1. The summed E-state index contributed by atoms with van der Waals surface area (Å²) in [6, 6.07) is 0.582. The molecule has 3 nitrogen and oxygen atoms in total. The minimum atomic E-state index is 0.582. The van der Waals surface area contributed by atoms with Gasteiger partial charge in [0, 0.05) is 18.4 Å². The maximum absolute atomic E-state index is 5.92. The average molecular weight is 234 g/mol. The Bertz CT molecular complexity index is 349. The Morgan fingerprint density at radius 1 is 1.18 bits per heavy atom. The molecule has 1 aliphatic carbocycles. The number of rotatable bonds is 3. The summed E-state index contributed by atoms with van der Waals surface area (Å²) >= 11 is 0. The van der Waals surface area contributed by atoms with Gasteiger partial charge < -0.3 is 9.73 Å². The fraction of sp³-hybridized carbons (Fsp3) is 0.786. The Labute approximate surface area is 103 Å². The van der Waals surface area contributed by atoms with Crippen LogP contribution in [0, 0.1) is 0 Å². The van der Waals surface area contributed by atoms with E-state index in [2.05, 4.69) is 10.3 Å². The van der Waals surface area contributed by atoms with Gasteiger partial charge in [-0.15, -0.1) is 0 Å². The highest BCUT2D eigenvalue weighted by Gasteiger charge is 2.22. The molecule has 1 aromatic heterocycles. The maximum Gasteiger partial charge on any atom is 0.195 e. The third-order valence-electron chi connectivity index (χ3n) is 4.16. The quantitative estimate of drug-likeness (QED) is 0.873. The van der Waals surface area contributed by atoms with Crippen molar-refractivity contribution in [2.75, 3.05) is 6.54 Å². The molecule has 2 aliphatic rings. The molecule has 1 unspecified atom stereocenters. The van der Waals surface area contributed by atoms with Crippen molar-refractivity contribution in [3.05, 3.63) is 17.8 Å². The van der Waals surface area contributed by atoms with E-state index in [0.717, 1.165) is 24.6 Å². The molecule has 3 rings (SSSR count). The molecule has 0 bridgehead atoms. The topological polar surface area (TPSA) is 38.1 Å². The van der Waals surface area contributed by atoms with Crippen LogP contribution >= 0.6 is 0 Å². The van der Waals surface area contributed by atoms with Gasteiger partial charge in [0.2, 0.25) is 0 Å². The molecule has 2 heterocycles. The molecular weight excluding hydrogens is 212 g/mol. The van der Waals surface area contributed by atoms with Gasteiger partial charge in [-0.3, -0.25) is 0 Å².